The smallest absolute Gasteiger partial charge is 0.260 e. The fraction of sp³-hybridized carbons (Fsp3) is 0.533. The van der Waals surface area contributed by atoms with Crippen molar-refractivity contribution in [2.75, 3.05) is 0 Å². The highest BCUT2D eigenvalue weighted by Crippen LogP contribution is 2.18. The van der Waals surface area contributed by atoms with Gasteiger partial charge in [0.1, 0.15) is 5.75 Å². The number of nitrogens with one attached hydrogen (secondary N) is 1. The van der Waals surface area contributed by atoms with Gasteiger partial charge in [0, 0.05) is 12.1 Å². The molecular weight excluding hydrogens is 240 g/mol. The van der Waals surface area contributed by atoms with E-state index in [9.17, 15) is 4.79 Å². The molecule has 0 bridgehead atoms. The number of rotatable bonds is 6. The summed E-state index contributed by atoms with van der Waals surface area (Å²) >= 11 is 0. The molecule has 0 heterocycles. The van der Waals surface area contributed by atoms with E-state index in [2.05, 4.69) is 5.32 Å². The summed E-state index contributed by atoms with van der Waals surface area (Å²) in [5, 5.41) is 2.90. The zero-order valence-electron chi connectivity index (χ0n) is 12.1. The lowest BCUT2D eigenvalue weighted by molar-refractivity contribution is -0.127. The molecule has 0 aliphatic carbocycles. The van der Waals surface area contributed by atoms with Crippen LogP contribution in [0.1, 0.15) is 45.7 Å². The maximum absolute atomic E-state index is 11.9. The molecule has 0 aliphatic rings. The molecule has 0 spiro atoms. The van der Waals surface area contributed by atoms with Gasteiger partial charge in [-0.15, -0.1) is 0 Å². The molecule has 19 heavy (non-hydrogen) atoms. The second-order valence-corrected chi connectivity index (χ2v) is 4.94. The van der Waals surface area contributed by atoms with Crippen LogP contribution in [-0.4, -0.2) is 18.1 Å². The summed E-state index contributed by atoms with van der Waals surface area (Å²) in [6.07, 6.45) is 0.385. The zero-order chi connectivity index (χ0) is 14.4. The number of carbonyl (C=O) groups excluding carboxylic acids is 1. The van der Waals surface area contributed by atoms with Gasteiger partial charge >= 0.3 is 0 Å². The Hall–Kier alpha value is -1.55. The van der Waals surface area contributed by atoms with Crippen LogP contribution in [0.4, 0.5) is 0 Å². The molecule has 0 saturated heterocycles. The monoisotopic (exact) mass is 264 g/mol. The number of ether oxygens (including phenoxy) is 1. The molecule has 1 aromatic rings. The molecule has 3 atom stereocenters. The van der Waals surface area contributed by atoms with Crippen LogP contribution in [0.25, 0.3) is 0 Å². The lowest BCUT2D eigenvalue weighted by Gasteiger charge is -2.18. The fourth-order valence-electron chi connectivity index (χ4n) is 1.59. The molecule has 0 saturated carbocycles. The van der Waals surface area contributed by atoms with Gasteiger partial charge in [0.25, 0.3) is 5.91 Å². The number of amides is 1. The van der Waals surface area contributed by atoms with Crippen LogP contribution in [0, 0.1) is 0 Å². The molecular formula is C15H24N2O2. The molecule has 2 unspecified atom stereocenters. The number of benzene rings is 1. The maximum Gasteiger partial charge on any atom is 0.260 e. The summed E-state index contributed by atoms with van der Waals surface area (Å²) in [5.74, 6) is 0.571. The first-order chi connectivity index (χ1) is 8.93. The molecule has 1 rings (SSSR count). The molecule has 0 aliphatic heterocycles. The maximum atomic E-state index is 11.9. The van der Waals surface area contributed by atoms with Crippen LogP contribution >= 0.6 is 0 Å². The van der Waals surface area contributed by atoms with Gasteiger partial charge in [-0.25, -0.2) is 0 Å². The SMILES string of the molecule is CCC(C)NC(=O)C(C)Oc1cccc([C@H](C)N)c1. The van der Waals surface area contributed by atoms with E-state index in [0.29, 0.717) is 5.75 Å². The van der Waals surface area contributed by atoms with Crippen molar-refractivity contribution in [2.24, 2.45) is 5.73 Å². The summed E-state index contributed by atoms with van der Waals surface area (Å²) in [6.45, 7) is 7.67. The van der Waals surface area contributed by atoms with Crippen LogP contribution in [0.3, 0.4) is 0 Å². The molecule has 0 radical (unpaired) electrons. The van der Waals surface area contributed by atoms with Gasteiger partial charge in [-0.2, -0.15) is 0 Å². The Bertz CT molecular complexity index is 418. The molecule has 4 nitrogen and oxygen atoms in total. The van der Waals surface area contributed by atoms with Crippen molar-refractivity contribution in [1.82, 2.24) is 5.32 Å². The largest absolute Gasteiger partial charge is 0.481 e. The first kappa shape index (κ1) is 15.5. The number of hydrogen-bond donors (Lipinski definition) is 2. The molecule has 106 valence electrons. The van der Waals surface area contributed by atoms with Crippen molar-refractivity contribution in [3.8, 4) is 5.75 Å². The second-order valence-electron chi connectivity index (χ2n) is 4.94. The van der Waals surface area contributed by atoms with Crippen molar-refractivity contribution in [1.29, 1.82) is 0 Å². The van der Waals surface area contributed by atoms with E-state index in [0.717, 1.165) is 12.0 Å². The Morgan fingerprint density at radius 2 is 2.05 bits per heavy atom. The van der Waals surface area contributed by atoms with E-state index in [1.165, 1.54) is 0 Å². The summed E-state index contributed by atoms with van der Waals surface area (Å²) in [7, 11) is 0. The third-order valence-corrected chi connectivity index (χ3v) is 3.07. The Morgan fingerprint density at radius 1 is 1.37 bits per heavy atom. The lowest BCUT2D eigenvalue weighted by atomic mass is 10.1. The highest BCUT2D eigenvalue weighted by atomic mass is 16.5. The Kier molecular flexibility index (Phi) is 5.83. The number of hydrogen-bond acceptors (Lipinski definition) is 3. The van der Waals surface area contributed by atoms with Crippen LogP contribution < -0.4 is 15.8 Å². The van der Waals surface area contributed by atoms with Gasteiger partial charge in [0.2, 0.25) is 0 Å². The van der Waals surface area contributed by atoms with E-state index in [4.69, 9.17) is 10.5 Å². The minimum atomic E-state index is -0.516. The molecule has 0 fully saturated rings. The van der Waals surface area contributed by atoms with Crippen molar-refractivity contribution in [3.05, 3.63) is 29.8 Å². The van der Waals surface area contributed by atoms with Crippen molar-refractivity contribution < 1.29 is 9.53 Å². The topological polar surface area (TPSA) is 64.3 Å². The van der Waals surface area contributed by atoms with Gasteiger partial charge in [-0.3, -0.25) is 4.79 Å². The van der Waals surface area contributed by atoms with Crippen molar-refractivity contribution >= 4 is 5.91 Å². The summed E-state index contributed by atoms with van der Waals surface area (Å²) in [6, 6.07) is 7.65. The van der Waals surface area contributed by atoms with Crippen LogP contribution in [0.2, 0.25) is 0 Å². The van der Waals surface area contributed by atoms with Crippen molar-refractivity contribution in [3.63, 3.8) is 0 Å². The molecule has 4 heteroatoms. The zero-order valence-corrected chi connectivity index (χ0v) is 12.1. The quantitative estimate of drug-likeness (QED) is 0.829. The van der Waals surface area contributed by atoms with E-state index in [-0.39, 0.29) is 18.0 Å². The van der Waals surface area contributed by atoms with Crippen molar-refractivity contribution in [2.45, 2.75) is 52.3 Å². The molecule has 1 aromatic carbocycles. The van der Waals surface area contributed by atoms with Gasteiger partial charge in [0.15, 0.2) is 6.10 Å². The third-order valence-electron chi connectivity index (χ3n) is 3.07. The minimum absolute atomic E-state index is 0.0483. The van der Waals surface area contributed by atoms with Crippen LogP contribution in [0.15, 0.2) is 24.3 Å². The molecule has 3 N–H and O–H groups in total. The predicted molar refractivity (Wildman–Crippen MR) is 77.0 cm³/mol. The fourth-order valence-corrected chi connectivity index (χ4v) is 1.59. The minimum Gasteiger partial charge on any atom is -0.481 e. The Balaban J connectivity index is 2.63. The van der Waals surface area contributed by atoms with Crippen LogP contribution in [0.5, 0.6) is 5.75 Å². The molecule has 0 aromatic heterocycles. The van der Waals surface area contributed by atoms with Crippen LogP contribution in [-0.2, 0) is 4.79 Å². The van der Waals surface area contributed by atoms with Gasteiger partial charge in [0.05, 0.1) is 0 Å². The Labute approximate surface area is 115 Å². The average Bonchev–Trinajstić information content (AvgIpc) is 2.38. The summed E-state index contributed by atoms with van der Waals surface area (Å²) in [5.41, 5.74) is 6.81. The third kappa shape index (κ3) is 4.91. The van der Waals surface area contributed by atoms with E-state index in [1.807, 2.05) is 45.0 Å². The first-order valence-corrected chi connectivity index (χ1v) is 6.76. The second kappa shape index (κ2) is 7.14. The van der Waals surface area contributed by atoms with Gasteiger partial charge in [-0.1, -0.05) is 19.1 Å². The van der Waals surface area contributed by atoms with Gasteiger partial charge < -0.3 is 15.8 Å². The molecule has 1 amide bonds. The summed E-state index contributed by atoms with van der Waals surface area (Å²) in [4.78, 5) is 11.9. The lowest BCUT2D eigenvalue weighted by Crippen LogP contribution is -2.40. The number of nitrogens with two attached hydrogens (primary N) is 1. The normalized spacial score (nSPS) is 15.4. The first-order valence-electron chi connectivity index (χ1n) is 6.76. The Morgan fingerprint density at radius 3 is 2.63 bits per heavy atom. The van der Waals surface area contributed by atoms with E-state index in [1.54, 1.807) is 6.92 Å². The number of carbonyl (C=O) groups is 1. The highest BCUT2D eigenvalue weighted by molar-refractivity contribution is 5.80. The van der Waals surface area contributed by atoms with E-state index < -0.39 is 6.10 Å². The summed E-state index contributed by atoms with van der Waals surface area (Å²) < 4.78 is 5.64. The average molecular weight is 264 g/mol. The standard InChI is InChI=1S/C15H24N2O2/c1-5-10(2)17-15(18)12(4)19-14-8-6-7-13(9-14)11(3)16/h6-12H,5,16H2,1-4H3,(H,17,18)/t10?,11-,12?/m0/s1. The highest BCUT2D eigenvalue weighted by Gasteiger charge is 2.16. The predicted octanol–water partition coefficient (Wildman–Crippen LogP) is 2.39. The van der Waals surface area contributed by atoms with E-state index >= 15 is 0 Å². The van der Waals surface area contributed by atoms with Gasteiger partial charge in [-0.05, 0) is 44.9 Å².